The van der Waals surface area contributed by atoms with Crippen molar-refractivity contribution in [3.05, 3.63) is 0 Å². The minimum absolute atomic E-state index is 0. The van der Waals surface area contributed by atoms with E-state index in [1.807, 2.05) is 0 Å². The van der Waals surface area contributed by atoms with Gasteiger partial charge in [-0.05, 0) is 0 Å². The van der Waals surface area contributed by atoms with E-state index >= 15 is 0 Å². The van der Waals surface area contributed by atoms with E-state index in [1.54, 1.807) is 0 Å². The molecule has 0 amide bonds. The molecule has 17 heavy (non-hydrogen) atoms. The summed E-state index contributed by atoms with van der Waals surface area (Å²) in [5.41, 5.74) is 0. The van der Waals surface area contributed by atoms with Crippen LogP contribution in [0, 0.1) is 0 Å². The molecule has 0 radical (unpaired) electrons. The fraction of sp³-hybridized carbons (Fsp3) is 0. The van der Waals surface area contributed by atoms with Crippen LogP contribution in [0.5, 0.6) is 0 Å². The first kappa shape index (κ1) is 168. The van der Waals surface area contributed by atoms with Crippen molar-refractivity contribution in [3.63, 3.8) is 0 Å². The van der Waals surface area contributed by atoms with Crippen LogP contribution in [0.1, 0.15) is 0 Å². The quantitative estimate of drug-likeness (QED) is 0.235. The predicted octanol–water partition coefficient (Wildman–Crippen LogP) is -15.6. The molecular weight excluding hydrogens is 318 g/mol. The molecule has 0 aliphatic carbocycles. The molecule has 0 unspecified atom stereocenters. The molecule has 17 heteroatoms. The third-order valence-electron chi connectivity index (χ3n) is 0. The Morgan fingerprint density at radius 2 is 0.529 bits per heavy atom. The van der Waals surface area contributed by atoms with Crippen molar-refractivity contribution >= 4 is 10.4 Å². The smallest absolute Gasteiger partial charge is 0.759 e. The second-order valence-electron chi connectivity index (χ2n) is 0.408. The Bertz CT molecular complexity index is 99.4. The molecule has 0 atom stereocenters. The molecule has 0 aliphatic rings. The molecule has 0 aromatic carbocycles. The first-order chi connectivity index (χ1) is 2.00. The minimum Gasteiger partial charge on any atom is -0.759 e. The van der Waals surface area contributed by atoms with Gasteiger partial charge in [-0.1, -0.05) is 0 Å². The van der Waals surface area contributed by atoms with Crippen LogP contribution in [-0.4, -0.2) is 72.3 Å². The summed E-state index contributed by atoms with van der Waals surface area (Å²) in [6.45, 7) is 0. The number of rotatable bonds is 0. The monoisotopic (exact) mass is 338 g/mol. The van der Waals surface area contributed by atoms with E-state index in [1.165, 1.54) is 0 Å². The van der Waals surface area contributed by atoms with Gasteiger partial charge >= 0.3 is 80.9 Å². The van der Waals surface area contributed by atoms with Gasteiger partial charge in [0.15, 0.2) is 0 Å². The fourth-order valence-electron chi connectivity index (χ4n) is 0. The largest absolute Gasteiger partial charge is 1.00 e. The second-order valence-corrected chi connectivity index (χ2v) is 1.22. The maximum Gasteiger partial charge on any atom is 1.00 e. The molecule has 0 spiro atoms. The van der Waals surface area contributed by atoms with Crippen LogP contribution in [0.25, 0.3) is 0 Å². The maximum atomic E-state index is 8.52. The molecule has 0 heterocycles. The first-order valence-electron chi connectivity index (χ1n) is 0.667. The summed E-state index contributed by atoms with van der Waals surface area (Å²) in [4.78, 5) is 0. The summed E-state index contributed by atoms with van der Waals surface area (Å²) < 4.78 is 34.1. The van der Waals surface area contributed by atoms with Gasteiger partial charge in [0.25, 0.3) is 0 Å². The fourth-order valence-corrected chi connectivity index (χ4v) is 0. The summed E-state index contributed by atoms with van der Waals surface area (Å²) >= 11 is 0. The SMILES string of the molecule is O.O.O.O.O.O.O.O.O.O.O=S(=O)([O-])[O-].[K+].[Na+]. The standard InChI is InChI=1S/K.Na.H2O4S.10H2O/c;;1-5(2,3)4;;;;;;;;;;/h;;(H2,1,2,3,4);10*1H2/q2*+1;;;;;;;;;;;/p-2. The van der Waals surface area contributed by atoms with Crippen molar-refractivity contribution in [1.82, 2.24) is 0 Å². The Kier molecular flexibility index (Phi) is 797. The van der Waals surface area contributed by atoms with Crippen molar-refractivity contribution in [1.29, 1.82) is 0 Å². The Morgan fingerprint density at radius 1 is 0.529 bits per heavy atom. The van der Waals surface area contributed by atoms with E-state index < -0.39 is 10.4 Å². The van der Waals surface area contributed by atoms with Gasteiger partial charge < -0.3 is 63.9 Å². The van der Waals surface area contributed by atoms with Crippen LogP contribution >= 0.6 is 0 Å². The molecule has 0 aromatic rings. The normalized spacial score (nSPS) is 3.41. The van der Waals surface area contributed by atoms with Crippen molar-refractivity contribution in [2.75, 3.05) is 0 Å². The molecule has 20 N–H and O–H groups in total. The van der Waals surface area contributed by atoms with Crippen LogP contribution in [0.3, 0.4) is 0 Å². The van der Waals surface area contributed by atoms with E-state index in [0.29, 0.717) is 0 Å². The van der Waals surface area contributed by atoms with E-state index in [2.05, 4.69) is 0 Å². The molecule has 0 rings (SSSR count). The molecule has 112 valence electrons. The average Bonchev–Trinajstić information content (AvgIpc) is 0.722. The van der Waals surface area contributed by atoms with Gasteiger partial charge in [0.2, 0.25) is 0 Å². The topological polar surface area (TPSA) is 395 Å². The summed E-state index contributed by atoms with van der Waals surface area (Å²) in [6, 6.07) is 0. The Hall–Kier alpha value is 2.11. The van der Waals surface area contributed by atoms with Crippen LogP contribution in [0.15, 0.2) is 0 Å². The molecule has 0 saturated carbocycles. The summed E-state index contributed by atoms with van der Waals surface area (Å²) in [7, 11) is -5.17. The minimum atomic E-state index is -5.17. The van der Waals surface area contributed by atoms with Crippen molar-refractivity contribution in [2.24, 2.45) is 0 Å². The Balaban J connectivity index is -0.00000000121. The number of hydrogen-bond donors (Lipinski definition) is 0. The third-order valence-corrected chi connectivity index (χ3v) is 0. The van der Waals surface area contributed by atoms with E-state index in [0.717, 1.165) is 0 Å². The van der Waals surface area contributed by atoms with Gasteiger partial charge in [0, 0.05) is 10.4 Å². The summed E-state index contributed by atoms with van der Waals surface area (Å²) in [5, 5.41) is 0. The molecule has 0 fully saturated rings. The zero-order chi connectivity index (χ0) is 4.50. The van der Waals surface area contributed by atoms with Crippen molar-refractivity contribution in [3.8, 4) is 0 Å². The molecule has 0 aromatic heterocycles. The molecule has 14 nitrogen and oxygen atoms in total. The zero-order valence-corrected chi connectivity index (χ0v) is 15.0. The van der Waals surface area contributed by atoms with Crippen molar-refractivity contribution in [2.45, 2.75) is 0 Å². The van der Waals surface area contributed by atoms with E-state index in [4.69, 9.17) is 17.5 Å². The average molecular weight is 338 g/mol. The molecule has 0 saturated heterocycles. The Morgan fingerprint density at radius 3 is 0.529 bits per heavy atom. The van der Waals surface area contributed by atoms with Crippen LogP contribution in [0.4, 0.5) is 0 Å². The Labute approximate surface area is 161 Å². The first-order valence-corrected chi connectivity index (χ1v) is 2.00. The van der Waals surface area contributed by atoms with Gasteiger partial charge in [-0.15, -0.1) is 0 Å². The van der Waals surface area contributed by atoms with Gasteiger partial charge in [-0.3, -0.25) is 8.42 Å². The maximum absolute atomic E-state index is 8.52. The van der Waals surface area contributed by atoms with Crippen molar-refractivity contribution < 1.29 is 153 Å². The predicted molar refractivity (Wildman–Crippen MR) is 46.6 cm³/mol. The van der Waals surface area contributed by atoms with E-state index in [9.17, 15) is 0 Å². The van der Waals surface area contributed by atoms with Gasteiger partial charge in [-0.2, -0.15) is 0 Å². The van der Waals surface area contributed by atoms with Crippen LogP contribution < -0.4 is 80.9 Å². The molecular formula is H20KNaO14S. The molecule has 0 bridgehead atoms. The zero-order valence-electron chi connectivity index (χ0n) is 9.04. The molecule has 0 aliphatic heterocycles. The number of hydrogen-bond acceptors (Lipinski definition) is 4. The van der Waals surface area contributed by atoms with Gasteiger partial charge in [0.1, 0.15) is 0 Å². The van der Waals surface area contributed by atoms with E-state index in [-0.39, 0.29) is 136 Å². The summed E-state index contributed by atoms with van der Waals surface area (Å²) in [6.07, 6.45) is 0. The third kappa shape index (κ3) is 1060. The van der Waals surface area contributed by atoms with Crippen LogP contribution in [0.2, 0.25) is 0 Å². The van der Waals surface area contributed by atoms with Crippen LogP contribution in [-0.2, 0) is 10.4 Å². The van der Waals surface area contributed by atoms with Gasteiger partial charge in [-0.25, -0.2) is 0 Å². The van der Waals surface area contributed by atoms with Gasteiger partial charge in [0.05, 0.1) is 0 Å². The summed E-state index contributed by atoms with van der Waals surface area (Å²) in [5.74, 6) is 0. The second kappa shape index (κ2) is 80.6.